The minimum atomic E-state index is -0.398. The molecule has 0 unspecified atom stereocenters. The number of nitrogens with one attached hydrogen (secondary N) is 1. The van der Waals surface area contributed by atoms with E-state index in [0.29, 0.717) is 12.3 Å². The predicted octanol–water partition coefficient (Wildman–Crippen LogP) is 2.00. The van der Waals surface area contributed by atoms with E-state index in [1.807, 2.05) is 0 Å². The van der Waals surface area contributed by atoms with Gasteiger partial charge in [-0.15, -0.1) is 6.58 Å². The maximum absolute atomic E-state index is 11.3. The van der Waals surface area contributed by atoms with E-state index in [0.717, 1.165) is 5.70 Å². The first kappa shape index (κ1) is 12.1. The van der Waals surface area contributed by atoms with Crippen molar-refractivity contribution in [1.82, 2.24) is 5.32 Å². The number of carbonyl (C=O) groups is 1. The van der Waals surface area contributed by atoms with Gasteiger partial charge in [-0.1, -0.05) is 6.08 Å². The Hall–Kier alpha value is -1.97. The number of rotatable bonds is 6. The number of ether oxygens (including phenoxy) is 1. The van der Waals surface area contributed by atoms with Crippen LogP contribution in [0.4, 0.5) is 0 Å². The van der Waals surface area contributed by atoms with Crippen molar-refractivity contribution in [2.45, 2.75) is 13.5 Å². The highest BCUT2D eigenvalue weighted by Gasteiger charge is 2.01. The first-order valence-electron chi connectivity index (χ1n) is 4.94. The quantitative estimate of drug-likeness (QED) is 0.453. The Morgan fingerprint density at radius 1 is 1.69 bits per heavy atom. The zero-order chi connectivity index (χ0) is 11.8. The molecule has 0 aliphatic rings. The largest absolute Gasteiger partial charge is 0.466 e. The summed E-state index contributed by atoms with van der Waals surface area (Å²) in [5.74, 6) is 0.226. The third-order valence-corrected chi connectivity index (χ3v) is 1.80. The van der Waals surface area contributed by atoms with Gasteiger partial charge in [0.15, 0.2) is 0 Å². The molecule has 0 saturated heterocycles. The Bertz CT molecular complexity index is 366. The van der Waals surface area contributed by atoms with Gasteiger partial charge in [0.05, 0.1) is 6.26 Å². The Morgan fingerprint density at radius 2 is 2.50 bits per heavy atom. The molecule has 0 saturated carbocycles. The van der Waals surface area contributed by atoms with Gasteiger partial charge >= 0.3 is 5.97 Å². The van der Waals surface area contributed by atoms with E-state index >= 15 is 0 Å². The highest BCUT2D eigenvalue weighted by atomic mass is 16.5. The van der Waals surface area contributed by atoms with Crippen LogP contribution >= 0.6 is 0 Å². The summed E-state index contributed by atoms with van der Waals surface area (Å²) >= 11 is 0. The lowest BCUT2D eigenvalue weighted by atomic mass is 10.4. The molecule has 4 heteroatoms. The highest BCUT2D eigenvalue weighted by Crippen LogP contribution is 2.02. The van der Waals surface area contributed by atoms with Crippen molar-refractivity contribution in [2.75, 3.05) is 6.54 Å². The van der Waals surface area contributed by atoms with Crippen LogP contribution in [-0.2, 0) is 16.1 Å². The van der Waals surface area contributed by atoms with Gasteiger partial charge in [0.25, 0.3) is 0 Å². The van der Waals surface area contributed by atoms with Gasteiger partial charge in [-0.3, -0.25) is 0 Å². The van der Waals surface area contributed by atoms with Crippen molar-refractivity contribution in [2.24, 2.45) is 0 Å². The molecule has 0 aliphatic heterocycles. The fourth-order valence-corrected chi connectivity index (χ4v) is 1.04. The molecule has 1 heterocycles. The minimum absolute atomic E-state index is 0.150. The summed E-state index contributed by atoms with van der Waals surface area (Å²) in [5, 5.41) is 2.98. The van der Waals surface area contributed by atoms with Crippen LogP contribution < -0.4 is 5.32 Å². The van der Waals surface area contributed by atoms with Gasteiger partial charge in [-0.05, 0) is 19.1 Å². The Kier molecular flexibility index (Phi) is 4.92. The van der Waals surface area contributed by atoms with Crippen molar-refractivity contribution >= 4 is 5.97 Å². The first-order chi connectivity index (χ1) is 7.72. The lowest BCUT2D eigenvalue weighted by molar-refractivity contribution is -0.139. The summed E-state index contributed by atoms with van der Waals surface area (Å²) < 4.78 is 9.99. The lowest BCUT2D eigenvalue weighted by Crippen LogP contribution is -2.12. The van der Waals surface area contributed by atoms with Crippen LogP contribution in [0.1, 0.15) is 12.7 Å². The number of esters is 1. The van der Waals surface area contributed by atoms with E-state index in [1.54, 1.807) is 25.1 Å². The van der Waals surface area contributed by atoms with Gasteiger partial charge in [-0.25, -0.2) is 4.79 Å². The highest BCUT2D eigenvalue weighted by molar-refractivity contribution is 5.82. The van der Waals surface area contributed by atoms with Gasteiger partial charge in [-0.2, -0.15) is 0 Å². The molecule has 86 valence electrons. The van der Waals surface area contributed by atoms with E-state index in [1.165, 1.54) is 12.3 Å². The maximum Gasteiger partial charge on any atom is 0.332 e. The third-order valence-electron chi connectivity index (χ3n) is 1.80. The molecule has 0 atom stereocenters. The second-order valence-electron chi connectivity index (χ2n) is 3.18. The van der Waals surface area contributed by atoms with Gasteiger partial charge in [0.2, 0.25) is 0 Å². The fourth-order valence-electron chi connectivity index (χ4n) is 1.04. The third kappa shape index (κ3) is 4.50. The van der Waals surface area contributed by atoms with Crippen molar-refractivity contribution in [3.8, 4) is 0 Å². The monoisotopic (exact) mass is 221 g/mol. The Labute approximate surface area is 94.6 Å². The Morgan fingerprint density at radius 3 is 3.12 bits per heavy atom. The number of allylic oxidation sites excluding steroid dienone is 1. The normalized spacial score (nSPS) is 10.9. The molecule has 1 aromatic rings. The molecule has 16 heavy (non-hydrogen) atoms. The van der Waals surface area contributed by atoms with Crippen molar-refractivity contribution < 1.29 is 13.9 Å². The molecule has 1 N–H and O–H groups in total. The summed E-state index contributed by atoms with van der Waals surface area (Å²) in [5.41, 5.74) is 0.740. The van der Waals surface area contributed by atoms with Gasteiger partial charge in [0, 0.05) is 18.3 Å². The molecule has 0 radical (unpaired) electrons. The molecule has 0 aliphatic carbocycles. The summed E-state index contributed by atoms with van der Waals surface area (Å²) in [6.07, 6.45) is 4.65. The molecule has 0 fully saturated rings. The van der Waals surface area contributed by atoms with Gasteiger partial charge < -0.3 is 14.5 Å². The Balaban J connectivity index is 2.32. The second kappa shape index (κ2) is 6.50. The van der Waals surface area contributed by atoms with Crippen LogP contribution in [0, 0.1) is 0 Å². The molecular formula is C12H15NO3. The van der Waals surface area contributed by atoms with Crippen LogP contribution in [0.3, 0.4) is 0 Å². The van der Waals surface area contributed by atoms with E-state index in [2.05, 4.69) is 11.9 Å². The number of hydrogen-bond acceptors (Lipinski definition) is 4. The average Bonchev–Trinajstić information content (AvgIpc) is 2.76. The van der Waals surface area contributed by atoms with E-state index in [4.69, 9.17) is 9.15 Å². The lowest BCUT2D eigenvalue weighted by Gasteiger charge is -2.03. The minimum Gasteiger partial charge on any atom is -0.466 e. The van der Waals surface area contributed by atoms with Crippen LogP contribution in [0.15, 0.2) is 47.2 Å². The average molecular weight is 221 g/mol. The molecule has 1 aromatic heterocycles. The summed E-state index contributed by atoms with van der Waals surface area (Å²) in [6, 6.07) is 3.50. The van der Waals surface area contributed by atoms with Crippen molar-refractivity contribution in [3.63, 3.8) is 0 Å². The summed E-state index contributed by atoms with van der Waals surface area (Å²) in [7, 11) is 0. The van der Waals surface area contributed by atoms with E-state index in [-0.39, 0.29) is 6.61 Å². The standard InChI is InChI=1S/C12H15NO3/c1-3-6-13-10(2)8-12(14)16-9-11-5-4-7-15-11/h3-5,7-8,13H,1,6,9H2,2H3. The SMILES string of the molecule is C=CCNC(C)=CC(=O)OCc1ccco1. The zero-order valence-corrected chi connectivity index (χ0v) is 9.23. The van der Waals surface area contributed by atoms with Crippen LogP contribution in [0.25, 0.3) is 0 Å². The smallest absolute Gasteiger partial charge is 0.332 e. The van der Waals surface area contributed by atoms with E-state index < -0.39 is 5.97 Å². The first-order valence-corrected chi connectivity index (χ1v) is 4.94. The number of carbonyl (C=O) groups excluding carboxylic acids is 1. The molecule has 0 amide bonds. The molecule has 1 rings (SSSR count). The topological polar surface area (TPSA) is 51.5 Å². The summed E-state index contributed by atoms with van der Waals surface area (Å²) in [6.45, 7) is 6.12. The van der Waals surface area contributed by atoms with Crippen LogP contribution in [-0.4, -0.2) is 12.5 Å². The fraction of sp³-hybridized carbons (Fsp3) is 0.250. The summed E-state index contributed by atoms with van der Waals surface area (Å²) in [4.78, 5) is 11.3. The molecular weight excluding hydrogens is 206 g/mol. The van der Waals surface area contributed by atoms with Gasteiger partial charge in [0.1, 0.15) is 12.4 Å². The zero-order valence-electron chi connectivity index (χ0n) is 9.23. The van der Waals surface area contributed by atoms with Crippen molar-refractivity contribution in [3.05, 3.63) is 48.6 Å². The number of furan rings is 1. The second-order valence-corrected chi connectivity index (χ2v) is 3.18. The molecule has 0 aromatic carbocycles. The van der Waals surface area contributed by atoms with Crippen LogP contribution in [0.5, 0.6) is 0 Å². The molecule has 4 nitrogen and oxygen atoms in total. The predicted molar refractivity (Wildman–Crippen MR) is 60.5 cm³/mol. The van der Waals surface area contributed by atoms with Crippen LogP contribution in [0.2, 0.25) is 0 Å². The number of hydrogen-bond donors (Lipinski definition) is 1. The maximum atomic E-state index is 11.3. The molecule has 0 bridgehead atoms. The van der Waals surface area contributed by atoms with E-state index in [9.17, 15) is 4.79 Å². The van der Waals surface area contributed by atoms with Crippen molar-refractivity contribution in [1.29, 1.82) is 0 Å². The molecule has 0 spiro atoms.